The second kappa shape index (κ2) is 6.27. The van der Waals surface area contributed by atoms with E-state index >= 15 is 0 Å². The topological polar surface area (TPSA) is 66.5 Å². The maximum atomic E-state index is 12.7. The van der Waals surface area contributed by atoms with Gasteiger partial charge in [-0.25, -0.2) is 12.7 Å². The highest BCUT2D eigenvalue weighted by Crippen LogP contribution is 2.53. The Morgan fingerprint density at radius 3 is 2.04 bits per heavy atom. The van der Waals surface area contributed by atoms with E-state index in [0.717, 1.165) is 11.8 Å². The summed E-state index contributed by atoms with van der Waals surface area (Å²) in [6.07, 6.45) is 8.00. The molecule has 136 valence electrons. The van der Waals surface area contributed by atoms with E-state index in [4.69, 9.17) is 0 Å². The maximum Gasteiger partial charge on any atom is 0.223 e. The van der Waals surface area contributed by atoms with Gasteiger partial charge < -0.3 is 5.32 Å². The third kappa shape index (κ3) is 3.00. The number of piperidine rings is 1. The zero-order chi connectivity index (χ0) is 16.9. The third-order valence-corrected chi connectivity index (χ3v) is 9.00. The summed E-state index contributed by atoms with van der Waals surface area (Å²) in [7, 11) is -3.11. The molecule has 1 amide bonds. The van der Waals surface area contributed by atoms with Crippen LogP contribution in [0.2, 0.25) is 0 Å². The highest BCUT2D eigenvalue weighted by molar-refractivity contribution is 7.89. The van der Waals surface area contributed by atoms with Crippen molar-refractivity contribution in [2.24, 2.45) is 29.6 Å². The molecule has 1 aliphatic heterocycles. The largest absolute Gasteiger partial charge is 0.353 e. The van der Waals surface area contributed by atoms with Gasteiger partial charge in [-0.3, -0.25) is 4.79 Å². The van der Waals surface area contributed by atoms with Crippen molar-refractivity contribution in [2.45, 2.75) is 57.9 Å². The van der Waals surface area contributed by atoms with E-state index in [1.165, 1.54) is 32.1 Å². The second-order valence-corrected chi connectivity index (χ2v) is 10.8. The van der Waals surface area contributed by atoms with Crippen molar-refractivity contribution < 1.29 is 13.2 Å². The lowest BCUT2D eigenvalue weighted by molar-refractivity contribution is -0.130. The molecular formula is C18H30N2O3S. The third-order valence-electron chi connectivity index (χ3n) is 7.12. The minimum absolute atomic E-state index is 0.00880. The highest BCUT2D eigenvalue weighted by Gasteiger charge is 2.49. The number of rotatable bonds is 4. The van der Waals surface area contributed by atoms with Crippen molar-refractivity contribution in [2.75, 3.05) is 18.8 Å². The van der Waals surface area contributed by atoms with Crippen LogP contribution in [0, 0.1) is 29.6 Å². The fourth-order valence-corrected chi connectivity index (χ4v) is 7.15. The summed E-state index contributed by atoms with van der Waals surface area (Å²) >= 11 is 0. The van der Waals surface area contributed by atoms with Gasteiger partial charge in [-0.2, -0.15) is 0 Å². The van der Waals surface area contributed by atoms with Crippen LogP contribution >= 0.6 is 0 Å². The summed E-state index contributed by atoms with van der Waals surface area (Å²) in [6.45, 7) is 2.67. The smallest absolute Gasteiger partial charge is 0.223 e. The number of hydrogen-bond acceptors (Lipinski definition) is 3. The summed E-state index contributed by atoms with van der Waals surface area (Å²) in [5.74, 6) is 3.56. The molecule has 24 heavy (non-hydrogen) atoms. The van der Waals surface area contributed by atoms with Crippen LogP contribution < -0.4 is 5.32 Å². The summed E-state index contributed by atoms with van der Waals surface area (Å²) in [6, 6.07) is 0.391. The zero-order valence-electron chi connectivity index (χ0n) is 14.6. The molecule has 5 rings (SSSR count). The Labute approximate surface area is 145 Å². The molecule has 1 N–H and O–H groups in total. The molecule has 6 heteroatoms. The molecule has 5 fully saturated rings. The summed E-state index contributed by atoms with van der Waals surface area (Å²) in [5, 5.41) is 3.39. The molecule has 0 aromatic heterocycles. The molecule has 4 aliphatic carbocycles. The normalized spacial score (nSPS) is 40.0. The Morgan fingerprint density at radius 1 is 1.00 bits per heavy atom. The van der Waals surface area contributed by atoms with Crippen molar-refractivity contribution in [3.05, 3.63) is 0 Å². The Hall–Kier alpha value is -0.620. The number of hydrogen-bond donors (Lipinski definition) is 1. The monoisotopic (exact) mass is 354 g/mol. The SMILES string of the molecule is CCS(=O)(=O)N1CCC(C(=O)NC2C3CC4CC(C3)CC2C4)CC1. The lowest BCUT2D eigenvalue weighted by atomic mass is 9.54. The van der Waals surface area contributed by atoms with Gasteiger partial charge >= 0.3 is 0 Å². The van der Waals surface area contributed by atoms with Crippen molar-refractivity contribution in [1.82, 2.24) is 9.62 Å². The molecular weight excluding hydrogens is 324 g/mol. The van der Waals surface area contributed by atoms with Crippen molar-refractivity contribution >= 4 is 15.9 Å². The van der Waals surface area contributed by atoms with Crippen LogP contribution in [-0.4, -0.2) is 43.5 Å². The van der Waals surface area contributed by atoms with Gasteiger partial charge in [0, 0.05) is 25.0 Å². The minimum Gasteiger partial charge on any atom is -0.353 e. The fourth-order valence-electron chi connectivity index (χ4n) is 6.02. The average molecular weight is 355 g/mol. The van der Waals surface area contributed by atoms with Gasteiger partial charge in [0.25, 0.3) is 0 Å². The molecule has 5 nitrogen and oxygen atoms in total. The van der Waals surface area contributed by atoms with Crippen LogP contribution in [0.5, 0.6) is 0 Å². The quantitative estimate of drug-likeness (QED) is 0.839. The molecule has 0 atom stereocenters. The molecule has 4 saturated carbocycles. The lowest BCUT2D eigenvalue weighted by Crippen LogP contribution is -2.57. The summed E-state index contributed by atoms with van der Waals surface area (Å²) in [5.41, 5.74) is 0. The van der Waals surface area contributed by atoms with Gasteiger partial charge in [-0.15, -0.1) is 0 Å². The van der Waals surface area contributed by atoms with E-state index < -0.39 is 10.0 Å². The molecule has 0 aromatic rings. The predicted octanol–water partition coefficient (Wildman–Crippen LogP) is 1.99. The number of sulfonamides is 1. The van der Waals surface area contributed by atoms with Crippen LogP contribution in [0.25, 0.3) is 0 Å². The minimum atomic E-state index is -3.11. The van der Waals surface area contributed by atoms with Gasteiger partial charge in [-0.05, 0) is 75.5 Å². The molecule has 0 radical (unpaired) electrons. The summed E-state index contributed by atoms with van der Waals surface area (Å²) in [4.78, 5) is 12.7. The molecule has 0 spiro atoms. The predicted molar refractivity (Wildman–Crippen MR) is 92.7 cm³/mol. The first-order valence-electron chi connectivity index (χ1n) is 9.74. The van der Waals surface area contributed by atoms with E-state index in [1.54, 1.807) is 11.2 Å². The van der Waals surface area contributed by atoms with Crippen LogP contribution in [0.15, 0.2) is 0 Å². The molecule has 4 bridgehead atoms. The Balaban J connectivity index is 1.33. The van der Waals surface area contributed by atoms with Gasteiger partial charge in [0.2, 0.25) is 15.9 Å². The van der Waals surface area contributed by atoms with Crippen LogP contribution in [0.1, 0.15) is 51.9 Å². The Morgan fingerprint density at radius 2 is 1.54 bits per heavy atom. The van der Waals surface area contributed by atoms with E-state index in [1.807, 2.05) is 0 Å². The second-order valence-electron chi connectivity index (χ2n) is 8.54. The first-order chi connectivity index (χ1) is 11.5. The number of nitrogens with one attached hydrogen (secondary N) is 1. The number of carbonyl (C=O) groups excluding carboxylic acids is 1. The van der Waals surface area contributed by atoms with Crippen LogP contribution in [0.3, 0.4) is 0 Å². The van der Waals surface area contributed by atoms with Gasteiger partial charge in [0.15, 0.2) is 0 Å². The number of carbonyl (C=O) groups is 1. The van der Waals surface area contributed by atoms with E-state index in [-0.39, 0.29) is 17.6 Å². The van der Waals surface area contributed by atoms with Crippen molar-refractivity contribution in [3.63, 3.8) is 0 Å². The number of nitrogens with zero attached hydrogens (tertiary/aromatic N) is 1. The van der Waals surface area contributed by atoms with Crippen molar-refractivity contribution in [3.8, 4) is 0 Å². The standard InChI is InChI=1S/C18H30N2O3S/c1-2-24(22,23)20-5-3-14(4-6-20)18(21)19-17-15-8-12-7-13(10-15)11-16(17)9-12/h12-17H,2-11H2,1H3,(H,19,21). The van der Waals surface area contributed by atoms with E-state index in [0.29, 0.717) is 43.8 Å². The number of amides is 1. The molecule has 1 heterocycles. The first kappa shape index (κ1) is 16.8. The van der Waals surface area contributed by atoms with Crippen molar-refractivity contribution in [1.29, 1.82) is 0 Å². The van der Waals surface area contributed by atoms with Gasteiger partial charge in [0.1, 0.15) is 0 Å². The highest BCUT2D eigenvalue weighted by atomic mass is 32.2. The summed E-state index contributed by atoms with van der Waals surface area (Å²) < 4.78 is 25.4. The first-order valence-corrected chi connectivity index (χ1v) is 11.4. The van der Waals surface area contributed by atoms with Crippen LogP contribution in [-0.2, 0) is 14.8 Å². The molecule has 0 aromatic carbocycles. The Bertz CT molecular complexity index is 567. The fraction of sp³-hybridized carbons (Fsp3) is 0.944. The zero-order valence-corrected chi connectivity index (χ0v) is 15.4. The van der Waals surface area contributed by atoms with E-state index in [2.05, 4.69) is 5.32 Å². The average Bonchev–Trinajstić information content (AvgIpc) is 2.57. The lowest BCUT2D eigenvalue weighted by Gasteiger charge is -2.54. The molecule has 0 unspecified atom stereocenters. The Kier molecular flexibility index (Phi) is 4.40. The molecule has 5 aliphatic rings. The van der Waals surface area contributed by atoms with Crippen LogP contribution in [0.4, 0.5) is 0 Å². The molecule has 1 saturated heterocycles. The maximum absolute atomic E-state index is 12.7. The van der Waals surface area contributed by atoms with E-state index in [9.17, 15) is 13.2 Å². The van der Waals surface area contributed by atoms with Gasteiger partial charge in [0.05, 0.1) is 5.75 Å². The van der Waals surface area contributed by atoms with Gasteiger partial charge in [-0.1, -0.05) is 0 Å².